The minimum absolute atomic E-state index is 0.0592. The number of rotatable bonds is 34. The molecule has 30 nitrogen and oxygen atoms in total. The summed E-state index contributed by atoms with van der Waals surface area (Å²) in [6.45, 7) is 1.75. The van der Waals surface area contributed by atoms with Crippen LogP contribution >= 0.6 is 0 Å². The molecule has 11 N–H and O–H groups in total. The Morgan fingerprint density at radius 3 is 1.63 bits per heavy atom. The number of carbonyl (C=O) groups is 9. The lowest BCUT2D eigenvalue weighted by Gasteiger charge is -2.24. The summed E-state index contributed by atoms with van der Waals surface area (Å²) in [5.74, 6) is -3.85. The van der Waals surface area contributed by atoms with Gasteiger partial charge in [0.1, 0.15) is 40.5 Å². The quantitative estimate of drug-likeness (QED) is 0.00845. The number of nitrogens with one attached hydrogen (secondary N) is 8. The van der Waals surface area contributed by atoms with E-state index in [2.05, 4.69) is 62.0 Å². The van der Waals surface area contributed by atoms with Gasteiger partial charge >= 0.3 is 11.9 Å². The maximum Gasteiger partial charge on any atom is 0.305 e. The van der Waals surface area contributed by atoms with E-state index in [1.54, 1.807) is 66.4 Å². The largest absolute Gasteiger partial charge is 0.481 e. The van der Waals surface area contributed by atoms with Crippen LogP contribution in [0.1, 0.15) is 136 Å². The fourth-order valence-corrected chi connectivity index (χ4v) is 13.0. The monoisotopic (exact) mass is 1430 g/mol. The van der Waals surface area contributed by atoms with Gasteiger partial charge in [-0.05, 0) is 122 Å². The number of unbranched alkanes of at least 4 members (excludes halogenated alkanes) is 6. The lowest BCUT2D eigenvalue weighted by Crippen LogP contribution is -2.47. The number of imidazole rings is 2. The number of anilines is 3. The first-order valence-electron chi connectivity index (χ1n) is 33.9. The first-order chi connectivity index (χ1) is 49.5. The molecular formula is C72H82N16O14S. The summed E-state index contributed by atoms with van der Waals surface area (Å²) in [7, 11) is -1.20. The van der Waals surface area contributed by atoms with Gasteiger partial charge in [0.25, 0.3) is 27.8 Å². The average Bonchev–Trinajstić information content (AvgIpc) is 1.71. The number of hydrazone groups is 1. The molecule has 0 saturated carbocycles. The molecule has 0 fully saturated rings. The number of aliphatic carboxylic acids is 2. The first kappa shape index (κ1) is 74.1. The summed E-state index contributed by atoms with van der Waals surface area (Å²) in [5.41, 5.74) is 9.20. The summed E-state index contributed by atoms with van der Waals surface area (Å²) < 4.78 is 33.3. The molecule has 103 heavy (non-hydrogen) atoms. The van der Waals surface area contributed by atoms with Crippen LogP contribution < -0.4 is 32.0 Å². The number of pyridine rings is 1. The van der Waals surface area contributed by atoms with E-state index < -0.39 is 70.7 Å². The number of hydrogen-bond donors (Lipinski definition) is 11. The summed E-state index contributed by atoms with van der Waals surface area (Å²) >= 11 is 0. The molecule has 0 radical (unpaired) electrons. The molecule has 31 heteroatoms. The van der Waals surface area contributed by atoms with E-state index in [1.165, 1.54) is 52.5 Å². The number of nitrogens with zero attached hydrogens (tertiary/aromatic N) is 8. The number of fused-ring (bicyclic) bond motifs is 4. The number of hydrogen-bond acceptors (Lipinski definition) is 18. The molecule has 5 heterocycles. The number of carbonyl (C=O) groups excluding carboxylic acids is 7. The highest BCUT2D eigenvalue weighted by Crippen LogP contribution is 2.30. The van der Waals surface area contributed by atoms with Crippen LogP contribution in [0.25, 0.3) is 22.1 Å². The van der Waals surface area contributed by atoms with Crippen molar-refractivity contribution in [1.29, 1.82) is 0 Å². The number of benzene rings is 5. The average molecular weight is 1430 g/mol. The van der Waals surface area contributed by atoms with Crippen molar-refractivity contribution < 1.29 is 66.3 Å². The summed E-state index contributed by atoms with van der Waals surface area (Å²) in [6.07, 6.45) is 5.95. The SMILES string of the molecule is CN(Cc1nc2ccccc2[nH]1)C(=O)c1ccc2c(c1)CN(CCCCCCNC(=O)CC[C@H](NC(=O)c1ccc(N/N=C/c3ccccc3S(=O)(=O)O)nc1)C(=O)NCCCCCCN1Cc3cc(C(=O)N(C)Cc4nc5ccccc5[nH]4)ccc3N[C@@H](CC(=O)O)C1=O)C(=O)C(CC(=O)O)N2. The second-order valence-electron chi connectivity index (χ2n) is 25.4. The van der Waals surface area contributed by atoms with E-state index in [9.17, 15) is 66.3 Å². The number of para-hydroxylation sites is 4. The van der Waals surface area contributed by atoms with E-state index in [1.807, 2.05) is 48.5 Å². The van der Waals surface area contributed by atoms with Crippen molar-refractivity contribution in [2.75, 3.05) is 56.3 Å². The third kappa shape index (κ3) is 20.3. The van der Waals surface area contributed by atoms with E-state index >= 15 is 0 Å². The van der Waals surface area contributed by atoms with Crippen molar-refractivity contribution >= 4 is 109 Å². The topological polar surface area (TPSA) is 416 Å². The van der Waals surface area contributed by atoms with E-state index in [0.29, 0.717) is 103 Å². The number of carboxylic acids is 2. The molecule has 1 unspecified atom stereocenters. The Balaban J connectivity index is 0.702. The molecule has 8 aromatic rings. The summed E-state index contributed by atoms with van der Waals surface area (Å²) in [5, 5.41) is 38.2. The highest BCUT2D eigenvalue weighted by molar-refractivity contribution is 7.86. The second kappa shape index (κ2) is 34.7. The molecule has 540 valence electrons. The summed E-state index contributed by atoms with van der Waals surface area (Å²) in [6, 6.07) is 30.4. The molecule has 0 bridgehead atoms. The number of aromatic nitrogens is 5. The molecule has 10 rings (SSSR count). The van der Waals surface area contributed by atoms with E-state index in [4.69, 9.17) is 0 Å². The normalized spacial score (nSPS) is 14.7. The van der Waals surface area contributed by atoms with Crippen LogP contribution in [0.4, 0.5) is 17.2 Å². The third-order valence-electron chi connectivity index (χ3n) is 17.6. The third-order valence-corrected chi connectivity index (χ3v) is 18.6. The molecule has 5 aromatic carbocycles. The lowest BCUT2D eigenvalue weighted by molar-refractivity contribution is -0.141. The highest BCUT2D eigenvalue weighted by Gasteiger charge is 2.34. The van der Waals surface area contributed by atoms with Crippen LogP contribution in [0.15, 0.2) is 138 Å². The van der Waals surface area contributed by atoms with Crippen molar-refractivity contribution in [3.8, 4) is 0 Å². The van der Waals surface area contributed by atoms with E-state index in [0.717, 1.165) is 22.1 Å². The van der Waals surface area contributed by atoms with Crippen LogP contribution in [0, 0.1) is 0 Å². The van der Waals surface area contributed by atoms with Gasteiger partial charge in [-0.1, -0.05) is 68.1 Å². The van der Waals surface area contributed by atoms with E-state index in [-0.39, 0.29) is 104 Å². The van der Waals surface area contributed by atoms with Crippen molar-refractivity contribution in [3.63, 3.8) is 0 Å². The molecule has 0 spiro atoms. The van der Waals surface area contributed by atoms with Crippen molar-refractivity contribution in [2.45, 2.75) is 126 Å². The van der Waals surface area contributed by atoms with Gasteiger partial charge in [0.2, 0.25) is 23.6 Å². The van der Waals surface area contributed by atoms with Gasteiger partial charge in [0.15, 0.2) is 0 Å². The molecule has 0 saturated heterocycles. The zero-order chi connectivity index (χ0) is 73.2. The van der Waals surface area contributed by atoms with Gasteiger partial charge in [-0.15, -0.1) is 0 Å². The maximum absolute atomic E-state index is 13.9. The molecule has 3 aromatic heterocycles. The Morgan fingerprint density at radius 2 is 1.13 bits per heavy atom. The number of aromatic amines is 2. The Hall–Kier alpha value is -11.6. The molecule has 7 amide bonds. The number of amides is 7. The Labute approximate surface area is 593 Å². The Bertz CT molecular complexity index is 4520. The molecule has 3 atom stereocenters. The van der Waals surface area contributed by atoms with Crippen molar-refractivity contribution in [3.05, 3.63) is 173 Å². The van der Waals surface area contributed by atoms with Crippen LogP contribution in [0.3, 0.4) is 0 Å². The first-order valence-corrected chi connectivity index (χ1v) is 35.3. The summed E-state index contributed by atoms with van der Waals surface area (Å²) in [4.78, 5) is 146. The molecule has 2 aliphatic heterocycles. The van der Waals surface area contributed by atoms with Gasteiger partial charge in [0.05, 0.1) is 59.8 Å². The number of carboxylic acid groups (broad SMARTS) is 2. The number of H-pyrrole nitrogens is 2. The van der Waals surface area contributed by atoms with Gasteiger partial charge in [0, 0.05) is 94.0 Å². The standard InChI is InChI=1S/C72H82N16O14S/c1-85(43-62-79-53-18-8-9-19-54(53)80-62)69(96)45-23-26-51-49(35-45)41-87(71(98)58(77-51)37-65(90)91)33-15-5-3-13-31-73-64(89)30-28-57(83-67(94)48-25-29-61(75-39-48)84-76-40-47-17-7-12-22-60(47)103(100,101)102)68(95)74-32-14-4-6-16-34-88-42-50-36-46(24-27-52(50)78-59(72(88)99)38-66(92)93)70(97)86(2)44-63-81-55-20-10-11-21-56(55)82-63/h7-12,17-27,29,35-36,39-40,57-59,77-78H,3-6,13-16,28,30-34,37-38,41-44H2,1-2H3,(H,73,89)(H,74,95)(H,75,84)(H,79,80)(H,81,82)(H,83,94)(H,90,91)(H,92,93)(H,100,101,102)/b76-40+/t57-,58?,59-/m0/s1. The fourth-order valence-electron chi connectivity index (χ4n) is 12.3. The lowest BCUT2D eigenvalue weighted by atomic mass is 10.1. The van der Waals surface area contributed by atoms with Crippen LogP contribution in [0.2, 0.25) is 0 Å². The zero-order valence-corrected chi connectivity index (χ0v) is 57.7. The van der Waals surface area contributed by atoms with Crippen molar-refractivity contribution in [2.24, 2.45) is 5.10 Å². The smallest absolute Gasteiger partial charge is 0.305 e. The predicted octanol–water partition coefficient (Wildman–Crippen LogP) is 6.90. The van der Waals surface area contributed by atoms with Gasteiger partial charge in [-0.3, -0.25) is 53.1 Å². The molecule has 0 aliphatic carbocycles. The minimum atomic E-state index is -4.54. The van der Waals surface area contributed by atoms with Crippen LogP contribution in [-0.2, 0) is 65.1 Å². The van der Waals surface area contributed by atoms with Gasteiger partial charge < -0.3 is 66.4 Å². The van der Waals surface area contributed by atoms with Crippen molar-refractivity contribution in [1.82, 2.24) is 60.5 Å². The van der Waals surface area contributed by atoms with Gasteiger partial charge in [-0.25, -0.2) is 15.0 Å². The van der Waals surface area contributed by atoms with Crippen LogP contribution in [-0.4, -0.2) is 186 Å². The van der Waals surface area contributed by atoms with Gasteiger partial charge in [-0.2, -0.15) is 13.5 Å². The second-order valence-corrected chi connectivity index (χ2v) is 26.8. The fraction of sp³-hybridized carbons (Fsp3) is 0.347. The molecular weight excluding hydrogens is 1340 g/mol. The maximum atomic E-state index is 13.9. The Kier molecular flexibility index (Phi) is 24.9. The molecule has 2 aliphatic rings. The zero-order valence-electron chi connectivity index (χ0n) is 56.9. The predicted molar refractivity (Wildman–Crippen MR) is 382 cm³/mol. The highest BCUT2D eigenvalue weighted by atomic mass is 32.2. The van der Waals surface area contributed by atoms with Crippen LogP contribution in [0.5, 0.6) is 0 Å². The Morgan fingerprint density at radius 1 is 0.631 bits per heavy atom. The minimum Gasteiger partial charge on any atom is -0.481 e.